The maximum absolute atomic E-state index is 12.8. The summed E-state index contributed by atoms with van der Waals surface area (Å²) in [5.74, 6) is 1.43. The first kappa shape index (κ1) is 25.8. The second-order valence-electron chi connectivity index (χ2n) is 9.30. The van der Waals surface area contributed by atoms with E-state index in [4.69, 9.17) is 4.74 Å². The van der Waals surface area contributed by atoms with Crippen LogP contribution >= 0.6 is 0 Å². The summed E-state index contributed by atoms with van der Waals surface area (Å²) < 4.78 is 5.54. The number of carbonyl (C=O) groups is 1. The molecule has 5 heteroatoms. The van der Waals surface area contributed by atoms with Crippen molar-refractivity contribution < 1.29 is 9.53 Å². The SMILES string of the molecule is C/C=C(\C)CN1CC[C@@H](N(c2ccc(C(=O)N(CC)CC)cc2)c2cccc(OC)c2)[C@@H](C)C1. The number of hydrogen-bond acceptors (Lipinski definition) is 4. The van der Waals surface area contributed by atoms with Crippen molar-refractivity contribution in [3.05, 3.63) is 65.7 Å². The minimum Gasteiger partial charge on any atom is -0.497 e. The van der Waals surface area contributed by atoms with Crippen LogP contribution in [0.5, 0.6) is 5.75 Å². The molecule has 1 fully saturated rings. The van der Waals surface area contributed by atoms with Gasteiger partial charge in [-0.3, -0.25) is 9.69 Å². The van der Waals surface area contributed by atoms with E-state index in [1.165, 1.54) is 5.57 Å². The molecule has 2 atom stereocenters. The Morgan fingerprint density at radius 2 is 1.82 bits per heavy atom. The van der Waals surface area contributed by atoms with Crippen LogP contribution in [0.4, 0.5) is 11.4 Å². The molecule has 0 unspecified atom stereocenters. The zero-order valence-electron chi connectivity index (χ0n) is 21.8. The van der Waals surface area contributed by atoms with E-state index in [2.05, 4.69) is 67.0 Å². The molecule has 2 aromatic rings. The number of amides is 1. The van der Waals surface area contributed by atoms with Gasteiger partial charge in [0.25, 0.3) is 5.91 Å². The largest absolute Gasteiger partial charge is 0.497 e. The molecule has 0 spiro atoms. The number of anilines is 2. The number of methoxy groups -OCH3 is 1. The van der Waals surface area contributed by atoms with Crippen LogP contribution in [-0.4, -0.2) is 61.6 Å². The number of hydrogen-bond donors (Lipinski definition) is 0. The third-order valence-corrected chi connectivity index (χ3v) is 7.02. The van der Waals surface area contributed by atoms with Crippen molar-refractivity contribution in [3.8, 4) is 5.75 Å². The van der Waals surface area contributed by atoms with Gasteiger partial charge in [-0.1, -0.05) is 24.6 Å². The summed E-state index contributed by atoms with van der Waals surface area (Å²) in [4.78, 5) is 19.7. The number of benzene rings is 2. The van der Waals surface area contributed by atoms with E-state index in [1.54, 1.807) is 7.11 Å². The number of allylic oxidation sites excluding steroid dienone is 1. The van der Waals surface area contributed by atoms with E-state index in [9.17, 15) is 4.79 Å². The summed E-state index contributed by atoms with van der Waals surface area (Å²) in [6.07, 6.45) is 3.29. The van der Waals surface area contributed by atoms with Crippen molar-refractivity contribution in [3.63, 3.8) is 0 Å². The molecule has 0 radical (unpaired) electrons. The quantitative estimate of drug-likeness (QED) is 0.428. The molecule has 3 rings (SSSR count). The maximum atomic E-state index is 12.8. The van der Waals surface area contributed by atoms with Crippen LogP contribution in [0.2, 0.25) is 0 Å². The molecule has 0 bridgehead atoms. The number of likely N-dealkylation sites (tertiary alicyclic amines) is 1. The molecule has 1 amide bonds. The van der Waals surface area contributed by atoms with Crippen LogP contribution in [0.25, 0.3) is 0 Å². The number of piperidine rings is 1. The number of carbonyl (C=O) groups excluding carboxylic acids is 1. The number of ether oxygens (including phenoxy) is 1. The third kappa shape index (κ3) is 6.01. The minimum absolute atomic E-state index is 0.0884. The van der Waals surface area contributed by atoms with Crippen molar-refractivity contribution in [2.24, 2.45) is 5.92 Å². The molecule has 1 heterocycles. The van der Waals surface area contributed by atoms with E-state index in [0.717, 1.165) is 61.8 Å². The Morgan fingerprint density at radius 1 is 1.12 bits per heavy atom. The first-order valence-corrected chi connectivity index (χ1v) is 12.6. The Bertz CT molecular complexity index is 966. The van der Waals surface area contributed by atoms with Crippen LogP contribution in [0.15, 0.2) is 60.2 Å². The van der Waals surface area contributed by atoms with E-state index in [0.29, 0.717) is 12.0 Å². The molecule has 0 aliphatic carbocycles. The van der Waals surface area contributed by atoms with E-state index in [1.807, 2.05) is 36.9 Å². The van der Waals surface area contributed by atoms with Gasteiger partial charge in [-0.25, -0.2) is 0 Å². The normalized spacial score (nSPS) is 19.1. The smallest absolute Gasteiger partial charge is 0.253 e. The molecule has 0 N–H and O–H groups in total. The molecule has 1 saturated heterocycles. The number of nitrogens with zero attached hydrogens (tertiary/aromatic N) is 3. The van der Waals surface area contributed by atoms with Gasteiger partial charge in [-0.15, -0.1) is 0 Å². The maximum Gasteiger partial charge on any atom is 0.253 e. The zero-order valence-corrected chi connectivity index (χ0v) is 21.8. The lowest BCUT2D eigenvalue weighted by Crippen LogP contribution is -2.49. The molecule has 1 aliphatic heterocycles. The van der Waals surface area contributed by atoms with Gasteiger partial charge in [-0.05, 0) is 76.4 Å². The molecule has 5 nitrogen and oxygen atoms in total. The Kier molecular flexibility index (Phi) is 9.17. The highest BCUT2D eigenvalue weighted by atomic mass is 16.5. The minimum atomic E-state index is 0.0884. The van der Waals surface area contributed by atoms with Gasteiger partial charge in [0, 0.05) is 61.8 Å². The Morgan fingerprint density at radius 3 is 2.41 bits per heavy atom. The highest BCUT2D eigenvalue weighted by molar-refractivity contribution is 5.94. The average Bonchev–Trinajstić information content (AvgIpc) is 2.86. The zero-order chi connectivity index (χ0) is 24.7. The van der Waals surface area contributed by atoms with Gasteiger partial charge < -0.3 is 14.5 Å². The first-order chi connectivity index (χ1) is 16.4. The highest BCUT2D eigenvalue weighted by Crippen LogP contribution is 2.36. The van der Waals surface area contributed by atoms with Crippen LogP contribution in [-0.2, 0) is 0 Å². The lowest BCUT2D eigenvalue weighted by atomic mass is 9.91. The Labute approximate surface area is 206 Å². The predicted molar refractivity (Wildman–Crippen MR) is 142 cm³/mol. The summed E-state index contributed by atoms with van der Waals surface area (Å²) in [5, 5.41) is 0. The molecular weight excluding hydrogens is 422 g/mol. The van der Waals surface area contributed by atoms with Gasteiger partial charge in [0.15, 0.2) is 0 Å². The van der Waals surface area contributed by atoms with Gasteiger partial charge in [0.1, 0.15) is 5.75 Å². The third-order valence-electron chi connectivity index (χ3n) is 7.02. The van der Waals surface area contributed by atoms with Gasteiger partial charge in [0.05, 0.1) is 7.11 Å². The molecule has 1 aliphatic rings. The molecule has 2 aromatic carbocycles. The fraction of sp³-hybridized carbons (Fsp3) is 0.483. The second kappa shape index (κ2) is 12.1. The van der Waals surface area contributed by atoms with Gasteiger partial charge in [0.2, 0.25) is 0 Å². The average molecular weight is 464 g/mol. The Hall–Kier alpha value is -2.79. The first-order valence-electron chi connectivity index (χ1n) is 12.6. The second-order valence-corrected chi connectivity index (χ2v) is 9.30. The standard InChI is InChI=1S/C29H41N3O2/c1-7-22(4)20-30-18-17-28(23(5)21-30)32(26-11-10-12-27(19-26)34-6)25-15-13-24(14-16-25)29(33)31(8-2)9-3/h7,10-16,19,23,28H,8-9,17-18,20-21H2,1-6H3/b22-7+/t23-,28+/m0/s1. The molecular formula is C29H41N3O2. The van der Waals surface area contributed by atoms with Crippen molar-refractivity contribution in [2.75, 3.05) is 44.7 Å². The summed E-state index contributed by atoms with van der Waals surface area (Å²) in [6.45, 7) is 15.3. The molecule has 0 saturated carbocycles. The van der Waals surface area contributed by atoms with E-state index < -0.39 is 0 Å². The van der Waals surface area contributed by atoms with Crippen molar-refractivity contribution >= 4 is 17.3 Å². The summed E-state index contributed by atoms with van der Waals surface area (Å²) >= 11 is 0. The van der Waals surface area contributed by atoms with Crippen LogP contribution < -0.4 is 9.64 Å². The van der Waals surface area contributed by atoms with Crippen molar-refractivity contribution in [2.45, 2.75) is 47.1 Å². The van der Waals surface area contributed by atoms with Gasteiger partial charge in [-0.2, -0.15) is 0 Å². The molecule has 0 aromatic heterocycles. The van der Waals surface area contributed by atoms with Crippen LogP contribution in [0, 0.1) is 5.92 Å². The van der Waals surface area contributed by atoms with Crippen molar-refractivity contribution in [1.82, 2.24) is 9.80 Å². The molecule has 184 valence electrons. The fourth-order valence-corrected chi connectivity index (χ4v) is 4.94. The van der Waals surface area contributed by atoms with E-state index >= 15 is 0 Å². The van der Waals surface area contributed by atoms with E-state index in [-0.39, 0.29) is 5.91 Å². The highest BCUT2D eigenvalue weighted by Gasteiger charge is 2.32. The number of rotatable bonds is 9. The summed E-state index contributed by atoms with van der Waals surface area (Å²) in [7, 11) is 1.71. The fourth-order valence-electron chi connectivity index (χ4n) is 4.94. The summed E-state index contributed by atoms with van der Waals surface area (Å²) in [5.41, 5.74) is 4.39. The lowest BCUT2D eigenvalue weighted by molar-refractivity contribution is 0.0773. The van der Waals surface area contributed by atoms with Crippen molar-refractivity contribution in [1.29, 1.82) is 0 Å². The summed E-state index contributed by atoms with van der Waals surface area (Å²) in [6, 6.07) is 16.8. The van der Waals surface area contributed by atoms with Crippen LogP contribution in [0.3, 0.4) is 0 Å². The monoisotopic (exact) mass is 463 g/mol. The predicted octanol–water partition coefficient (Wildman–Crippen LogP) is 5.99. The topological polar surface area (TPSA) is 36.0 Å². The Balaban J connectivity index is 1.92. The van der Waals surface area contributed by atoms with Crippen LogP contribution in [0.1, 0.15) is 51.4 Å². The van der Waals surface area contributed by atoms with Gasteiger partial charge >= 0.3 is 0 Å². The molecule has 34 heavy (non-hydrogen) atoms. The lowest BCUT2D eigenvalue weighted by Gasteiger charge is -2.44.